The van der Waals surface area contributed by atoms with Gasteiger partial charge in [-0.2, -0.15) is 0 Å². The predicted octanol–water partition coefficient (Wildman–Crippen LogP) is 2.94. The van der Waals surface area contributed by atoms with E-state index in [1.54, 1.807) is 6.07 Å². The van der Waals surface area contributed by atoms with Crippen molar-refractivity contribution in [2.24, 2.45) is 0 Å². The molecule has 0 radical (unpaired) electrons. The zero-order valence-electron chi connectivity index (χ0n) is 12.4. The molecule has 0 heterocycles. The Kier molecular flexibility index (Phi) is 8.24. The summed E-state index contributed by atoms with van der Waals surface area (Å²) in [5.74, 6) is 0.596. The second-order valence-corrected chi connectivity index (χ2v) is 7.13. The Morgan fingerprint density at radius 2 is 1.95 bits per heavy atom. The summed E-state index contributed by atoms with van der Waals surface area (Å²) in [6.07, 6.45) is 2.78. The number of ether oxygens (including phenoxy) is 2. The molecule has 0 amide bonds. The summed E-state index contributed by atoms with van der Waals surface area (Å²) in [7, 11) is -1.96. The molecule has 0 fully saturated rings. The van der Waals surface area contributed by atoms with Crippen LogP contribution >= 0.6 is 15.9 Å². The van der Waals surface area contributed by atoms with Crippen molar-refractivity contribution in [2.75, 3.05) is 26.9 Å². The first-order chi connectivity index (χ1) is 10.0. The molecule has 0 spiro atoms. The van der Waals surface area contributed by atoms with E-state index >= 15 is 0 Å². The van der Waals surface area contributed by atoms with Gasteiger partial charge in [-0.15, -0.1) is 0 Å². The number of hydrogen-bond donors (Lipinski definition) is 1. The lowest BCUT2D eigenvalue weighted by Crippen LogP contribution is -2.25. The first-order valence-corrected chi connectivity index (χ1v) is 9.20. The lowest BCUT2D eigenvalue weighted by molar-refractivity contribution is 0.130. The Morgan fingerprint density at radius 1 is 1.24 bits per heavy atom. The number of halogens is 1. The van der Waals surface area contributed by atoms with E-state index in [1.807, 2.05) is 0 Å². The van der Waals surface area contributed by atoms with E-state index in [9.17, 15) is 8.42 Å². The topological polar surface area (TPSA) is 64.6 Å². The molecule has 0 saturated carbocycles. The Morgan fingerprint density at radius 3 is 2.57 bits per heavy atom. The van der Waals surface area contributed by atoms with Crippen molar-refractivity contribution in [3.05, 3.63) is 22.7 Å². The van der Waals surface area contributed by atoms with E-state index in [-0.39, 0.29) is 4.90 Å². The van der Waals surface area contributed by atoms with E-state index in [0.717, 1.165) is 19.4 Å². The molecule has 120 valence electrons. The van der Waals surface area contributed by atoms with E-state index in [2.05, 4.69) is 27.6 Å². The van der Waals surface area contributed by atoms with Crippen molar-refractivity contribution in [2.45, 2.75) is 31.1 Å². The van der Waals surface area contributed by atoms with Gasteiger partial charge in [-0.3, -0.25) is 0 Å². The Hall–Kier alpha value is -0.630. The third kappa shape index (κ3) is 6.34. The average molecular weight is 380 g/mol. The van der Waals surface area contributed by atoms with Crippen molar-refractivity contribution in [3.8, 4) is 5.75 Å². The van der Waals surface area contributed by atoms with Gasteiger partial charge in [0.1, 0.15) is 5.75 Å². The number of nitrogens with one attached hydrogen (secondary N) is 1. The largest absolute Gasteiger partial charge is 0.496 e. The maximum atomic E-state index is 12.1. The molecule has 0 aliphatic heterocycles. The third-order valence-electron chi connectivity index (χ3n) is 2.83. The maximum absolute atomic E-state index is 12.1. The molecule has 1 N–H and O–H groups in total. The van der Waals surface area contributed by atoms with Gasteiger partial charge in [0.2, 0.25) is 10.0 Å². The van der Waals surface area contributed by atoms with Gasteiger partial charge < -0.3 is 9.47 Å². The second-order valence-electron chi connectivity index (χ2n) is 4.51. The lowest BCUT2D eigenvalue weighted by atomic mass is 10.3. The second kappa shape index (κ2) is 9.40. The van der Waals surface area contributed by atoms with Crippen LogP contribution in [0.25, 0.3) is 0 Å². The van der Waals surface area contributed by atoms with Crippen LogP contribution in [0.1, 0.15) is 26.2 Å². The van der Waals surface area contributed by atoms with Crippen LogP contribution in [0.5, 0.6) is 5.75 Å². The molecule has 5 nitrogen and oxygen atoms in total. The standard InChI is InChI=1S/C14H22BrNO4S/c1-3-4-9-20-10-5-8-16-21(17,18)12-6-7-14(19-2)13(15)11-12/h6-7,11,16H,3-5,8-10H2,1-2H3. The third-order valence-corrected chi connectivity index (χ3v) is 4.91. The van der Waals surface area contributed by atoms with Crippen LogP contribution < -0.4 is 9.46 Å². The van der Waals surface area contributed by atoms with Gasteiger partial charge in [0.25, 0.3) is 0 Å². The van der Waals surface area contributed by atoms with Gasteiger partial charge in [0.15, 0.2) is 0 Å². The van der Waals surface area contributed by atoms with Crippen LogP contribution in [0.3, 0.4) is 0 Å². The first kappa shape index (κ1) is 18.4. The lowest BCUT2D eigenvalue weighted by Gasteiger charge is -2.09. The van der Waals surface area contributed by atoms with Crippen LogP contribution in [0.4, 0.5) is 0 Å². The predicted molar refractivity (Wildman–Crippen MR) is 86.2 cm³/mol. The van der Waals surface area contributed by atoms with Crippen LogP contribution in [0.2, 0.25) is 0 Å². The molecule has 1 aromatic rings. The van der Waals surface area contributed by atoms with Crippen molar-refractivity contribution < 1.29 is 17.9 Å². The fourth-order valence-corrected chi connectivity index (χ4v) is 3.42. The highest BCUT2D eigenvalue weighted by atomic mass is 79.9. The number of unbranched alkanes of at least 4 members (excludes halogenated alkanes) is 1. The van der Waals surface area contributed by atoms with Gasteiger partial charge in [-0.1, -0.05) is 13.3 Å². The van der Waals surface area contributed by atoms with E-state index in [0.29, 0.717) is 29.8 Å². The molecular formula is C14H22BrNO4S. The zero-order valence-corrected chi connectivity index (χ0v) is 14.8. The smallest absolute Gasteiger partial charge is 0.240 e. The summed E-state index contributed by atoms with van der Waals surface area (Å²) in [5.41, 5.74) is 0. The molecule has 0 aliphatic carbocycles. The minimum absolute atomic E-state index is 0.210. The molecule has 1 aromatic carbocycles. The Bertz CT molecular complexity index is 534. The highest BCUT2D eigenvalue weighted by molar-refractivity contribution is 9.10. The summed E-state index contributed by atoms with van der Waals surface area (Å²) in [6, 6.07) is 4.66. The number of rotatable bonds is 10. The molecule has 21 heavy (non-hydrogen) atoms. The molecule has 0 atom stereocenters. The van der Waals surface area contributed by atoms with Gasteiger partial charge in [0, 0.05) is 19.8 Å². The highest BCUT2D eigenvalue weighted by Gasteiger charge is 2.15. The van der Waals surface area contributed by atoms with E-state index in [4.69, 9.17) is 9.47 Å². The van der Waals surface area contributed by atoms with Crippen molar-refractivity contribution in [1.29, 1.82) is 0 Å². The molecule has 0 aromatic heterocycles. The minimum atomic E-state index is -3.50. The van der Waals surface area contributed by atoms with Crippen LogP contribution in [-0.4, -0.2) is 35.3 Å². The zero-order chi connectivity index (χ0) is 15.7. The minimum Gasteiger partial charge on any atom is -0.496 e. The summed E-state index contributed by atoms with van der Waals surface area (Å²) in [6.45, 7) is 3.76. The normalized spacial score (nSPS) is 11.6. The molecular weight excluding hydrogens is 358 g/mol. The Labute approximate surface area is 135 Å². The SMILES string of the molecule is CCCCOCCCNS(=O)(=O)c1ccc(OC)c(Br)c1. The van der Waals surface area contributed by atoms with Crippen LogP contribution in [0, 0.1) is 0 Å². The van der Waals surface area contributed by atoms with E-state index < -0.39 is 10.0 Å². The van der Waals surface area contributed by atoms with E-state index in [1.165, 1.54) is 19.2 Å². The molecule has 0 bridgehead atoms. The van der Waals surface area contributed by atoms with Gasteiger partial charge in [0.05, 0.1) is 16.5 Å². The van der Waals surface area contributed by atoms with Gasteiger partial charge in [-0.25, -0.2) is 13.1 Å². The molecule has 0 saturated heterocycles. The number of methoxy groups -OCH3 is 1. The van der Waals surface area contributed by atoms with Crippen molar-refractivity contribution in [1.82, 2.24) is 4.72 Å². The molecule has 0 unspecified atom stereocenters. The summed E-state index contributed by atoms with van der Waals surface area (Å²) >= 11 is 3.28. The van der Waals surface area contributed by atoms with Gasteiger partial charge in [-0.05, 0) is 47.0 Å². The monoisotopic (exact) mass is 379 g/mol. The number of benzene rings is 1. The molecule has 7 heteroatoms. The fourth-order valence-electron chi connectivity index (χ4n) is 1.63. The quantitative estimate of drug-likeness (QED) is 0.634. The maximum Gasteiger partial charge on any atom is 0.240 e. The highest BCUT2D eigenvalue weighted by Crippen LogP contribution is 2.27. The summed E-state index contributed by atoms with van der Waals surface area (Å²) < 4.78 is 37.8. The average Bonchev–Trinajstić information content (AvgIpc) is 2.46. The number of sulfonamides is 1. The van der Waals surface area contributed by atoms with Crippen LogP contribution in [0.15, 0.2) is 27.6 Å². The van der Waals surface area contributed by atoms with Crippen LogP contribution in [-0.2, 0) is 14.8 Å². The summed E-state index contributed by atoms with van der Waals surface area (Å²) in [4.78, 5) is 0.210. The fraction of sp³-hybridized carbons (Fsp3) is 0.571. The summed E-state index contributed by atoms with van der Waals surface area (Å²) in [5, 5.41) is 0. The van der Waals surface area contributed by atoms with Crippen molar-refractivity contribution in [3.63, 3.8) is 0 Å². The molecule has 1 rings (SSSR count). The van der Waals surface area contributed by atoms with Gasteiger partial charge >= 0.3 is 0 Å². The Balaban J connectivity index is 2.45. The molecule has 0 aliphatic rings. The van der Waals surface area contributed by atoms with Crippen molar-refractivity contribution >= 4 is 26.0 Å². The first-order valence-electron chi connectivity index (χ1n) is 6.92. The number of hydrogen-bond acceptors (Lipinski definition) is 4.